The molecule has 1 aromatic heterocycles. The van der Waals surface area contributed by atoms with Crippen molar-refractivity contribution >= 4 is 22.7 Å². The number of para-hydroxylation sites is 2. The summed E-state index contributed by atoms with van der Waals surface area (Å²) in [7, 11) is 0. The molecule has 27 heavy (non-hydrogen) atoms. The molecule has 0 bridgehead atoms. The van der Waals surface area contributed by atoms with Crippen LogP contribution in [0.3, 0.4) is 0 Å². The second kappa shape index (κ2) is 7.92. The fourth-order valence-electron chi connectivity index (χ4n) is 3.63. The number of benzene rings is 2. The summed E-state index contributed by atoms with van der Waals surface area (Å²) in [5, 5.41) is 2.99. The summed E-state index contributed by atoms with van der Waals surface area (Å²) in [5.74, 6) is 1.20. The van der Waals surface area contributed by atoms with Crippen LogP contribution in [0.4, 0.5) is 5.69 Å². The van der Waals surface area contributed by atoms with E-state index in [4.69, 9.17) is 4.42 Å². The van der Waals surface area contributed by atoms with Gasteiger partial charge >= 0.3 is 0 Å². The highest BCUT2D eigenvalue weighted by molar-refractivity contribution is 5.92. The number of hydrogen-bond donors (Lipinski definition) is 1. The number of amides is 1. The van der Waals surface area contributed by atoms with Gasteiger partial charge in [0.2, 0.25) is 5.91 Å². The van der Waals surface area contributed by atoms with Gasteiger partial charge in [0.15, 0.2) is 11.5 Å². The molecule has 5 nitrogen and oxygen atoms in total. The molecule has 4 rings (SSSR count). The molecule has 3 aromatic rings. The predicted molar refractivity (Wildman–Crippen MR) is 107 cm³/mol. The minimum absolute atomic E-state index is 0.0413. The molecule has 0 atom stereocenters. The van der Waals surface area contributed by atoms with E-state index in [-0.39, 0.29) is 5.91 Å². The number of carbonyl (C=O) groups excluding carboxylic acids is 1. The first-order valence-electron chi connectivity index (χ1n) is 9.68. The predicted octanol–water partition coefficient (Wildman–Crippen LogP) is 4.21. The van der Waals surface area contributed by atoms with Crippen molar-refractivity contribution in [1.82, 2.24) is 9.88 Å². The molecule has 0 spiro atoms. The Hall–Kier alpha value is -2.66. The standard InChI is InChI=1S/C22H25N3O2/c1-2-16-7-9-18(10-8-16)23-21(26)15-25-13-11-17(12-14-25)22-24-19-5-3-4-6-20(19)27-22/h3-10,17H,2,11-15H2,1H3,(H,23,26). The number of anilines is 1. The summed E-state index contributed by atoms with van der Waals surface area (Å²) < 4.78 is 5.91. The quantitative estimate of drug-likeness (QED) is 0.738. The normalized spacial score (nSPS) is 15.9. The van der Waals surface area contributed by atoms with Crippen LogP contribution in [-0.2, 0) is 11.2 Å². The van der Waals surface area contributed by atoms with Crippen LogP contribution in [0.15, 0.2) is 52.9 Å². The summed E-state index contributed by atoms with van der Waals surface area (Å²) in [4.78, 5) is 19.2. The van der Waals surface area contributed by atoms with E-state index in [1.54, 1.807) is 0 Å². The van der Waals surface area contributed by atoms with E-state index in [2.05, 4.69) is 34.3 Å². The van der Waals surface area contributed by atoms with Gasteiger partial charge in [0.05, 0.1) is 6.54 Å². The van der Waals surface area contributed by atoms with Gasteiger partial charge in [-0.3, -0.25) is 9.69 Å². The maximum atomic E-state index is 12.3. The van der Waals surface area contributed by atoms with E-state index in [0.29, 0.717) is 12.5 Å². The molecular formula is C22H25N3O2. The lowest BCUT2D eigenvalue weighted by atomic mass is 9.97. The molecule has 140 valence electrons. The zero-order chi connectivity index (χ0) is 18.6. The molecule has 1 saturated heterocycles. The Morgan fingerprint density at radius 3 is 2.59 bits per heavy atom. The van der Waals surface area contributed by atoms with Crippen molar-refractivity contribution in [3.63, 3.8) is 0 Å². The Labute approximate surface area is 159 Å². The van der Waals surface area contributed by atoms with Crippen LogP contribution in [-0.4, -0.2) is 35.4 Å². The highest BCUT2D eigenvalue weighted by Gasteiger charge is 2.25. The van der Waals surface area contributed by atoms with Gasteiger partial charge in [-0.05, 0) is 62.2 Å². The Bertz CT molecular complexity index is 876. The Morgan fingerprint density at radius 1 is 1.15 bits per heavy atom. The maximum absolute atomic E-state index is 12.3. The van der Waals surface area contributed by atoms with Gasteiger partial charge in [0.25, 0.3) is 0 Å². The Balaban J connectivity index is 1.29. The van der Waals surface area contributed by atoms with Crippen molar-refractivity contribution in [3.8, 4) is 0 Å². The molecule has 5 heteroatoms. The fourth-order valence-corrected chi connectivity index (χ4v) is 3.63. The van der Waals surface area contributed by atoms with Crippen LogP contribution < -0.4 is 5.32 Å². The molecule has 1 amide bonds. The summed E-state index contributed by atoms with van der Waals surface area (Å²) >= 11 is 0. The monoisotopic (exact) mass is 363 g/mol. The molecule has 1 aliphatic rings. The highest BCUT2D eigenvalue weighted by Crippen LogP contribution is 2.29. The number of aryl methyl sites for hydroxylation is 1. The van der Waals surface area contributed by atoms with Crippen LogP contribution >= 0.6 is 0 Å². The number of aromatic nitrogens is 1. The number of nitrogens with one attached hydrogen (secondary N) is 1. The zero-order valence-corrected chi connectivity index (χ0v) is 15.6. The highest BCUT2D eigenvalue weighted by atomic mass is 16.3. The Kier molecular flexibility index (Phi) is 5.21. The summed E-state index contributed by atoms with van der Waals surface area (Å²) in [6.45, 7) is 4.31. The van der Waals surface area contributed by atoms with Crippen molar-refractivity contribution < 1.29 is 9.21 Å². The van der Waals surface area contributed by atoms with Crippen molar-refractivity contribution in [3.05, 3.63) is 60.0 Å². The van der Waals surface area contributed by atoms with Gasteiger partial charge in [0.1, 0.15) is 5.52 Å². The topological polar surface area (TPSA) is 58.4 Å². The average molecular weight is 363 g/mol. The number of likely N-dealkylation sites (tertiary alicyclic amines) is 1. The molecule has 0 saturated carbocycles. The SMILES string of the molecule is CCc1ccc(NC(=O)CN2CCC(c3nc4ccccc4o3)CC2)cc1. The first-order valence-corrected chi connectivity index (χ1v) is 9.68. The number of rotatable bonds is 5. The third kappa shape index (κ3) is 4.19. The van der Waals surface area contributed by atoms with Crippen LogP contribution in [0.5, 0.6) is 0 Å². The van der Waals surface area contributed by atoms with E-state index in [1.807, 2.05) is 36.4 Å². The molecule has 2 aromatic carbocycles. The van der Waals surface area contributed by atoms with E-state index in [0.717, 1.165) is 55.0 Å². The van der Waals surface area contributed by atoms with Crippen LogP contribution in [0.2, 0.25) is 0 Å². The van der Waals surface area contributed by atoms with Crippen LogP contribution in [0.1, 0.15) is 37.1 Å². The smallest absolute Gasteiger partial charge is 0.238 e. The summed E-state index contributed by atoms with van der Waals surface area (Å²) in [5.41, 5.74) is 3.90. The van der Waals surface area contributed by atoms with E-state index < -0.39 is 0 Å². The lowest BCUT2D eigenvalue weighted by Crippen LogP contribution is -2.38. The molecule has 0 aliphatic carbocycles. The van der Waals surface area contributed by atoms with Gasteiger partial charge < -0.3 is 9.73 Å². The molecule has 2 heterocycles. The lowest BCUT2D eigenvalue weighted by molar-refractivity contribution is -0.117. The van der Waals surface area contributed by atoms with Crippen LogP contribution in [0.25, 0.3) is 11.1 Å². The van der Waals surface area contributed by atoms with Crippen molar-refractivity contribution in [2.24, 2.45) is 0 Å². The largest absolute Gasteiger partial charge is 0.440 e. The molecular weight excluding hydrogens is 338 g/mol. The molecule has 0 unspecified atom stereocenters. The third-order valence-electron chi connectivity index (χ3n) is 5.26. The molecule has 1 fully saturated rings. The fraction of sp³-hybridized carbons (Fsp3) is 0.364. The van der Waals surface area contributed by atoms with Gasteiger partial charge in [-0.2, -0.15) is 0 Å². The number of piperidine rings is 1. The molecule has 0 radical (unpaired) electrons. The van der Waals surface area contributed by atoms with Crippen molar-refractivity contribution in [2.45, 2.75) is 32.1 Å². The first kappa shape index (κ1) is 17.7. The van der Waals surface area contributed by atoms with E-state index in [9.17, 15) is 4.79 Å². The number of nitrogens with zero attached hydrogens (tertiary/aromatic N) is 2. The maximum Gasteiger partial charge on any atom is 0.238 e. The van der Waals surface area contributed by atoms with Gasteiger partial charge in [-0.25, -0.2) is 4.98 Å². The average Bonchev–Trinajstić information content (AvgIpc) is 3.13. The van der Waals surface area contributed by atoms with E-state index in [1.165, 1.54) is 5.56 Å². The van der Waals surface area contributed by atoms with Crippen molar-refractivity contribution in [2.75, 3.05) is 25.0 Å². The Morgan fingerprint density at radius 2 is 1.89 bits per heavy atom. The van der Waals surface area contributed by atoms with Gasteiger partial charge in [0, 0.05) is 11.6 Å². The number of hydrogen-bond acceptors (Lipinski definition) is 4. The second-order valence-corrected chi connectivity index (χ2v) is 7.17. The number of oxazole rings is 1. The zero-order valence-electron chi connectivity index (χ0n) is 15.6. The first-order chi connectivity index (χ1) is 13.2. The van der Waals surface area contributed by atoms with Crippen molar-refractivity contribution in [1.29, 1.82) is 0 Å². The number of carbonyl (C=O) groups is 1. The molecule has 1 aliphatic heterocycles. The van der Waals surface area contributed by atoms with Gasteiger partial charge in [-0.1, -0.05) is 31.2 Å². The summed E-state index contributed by atoms with van der Waals surface area (Å²) in [6.07, 6.45) is 2.93. The van der Waals surface area contributed by atoms with Crippen LogP contribution in [0, 0.1) is 0 Å². The third-order valence-corrected chi connectivity index (χ3v) is 5.26. The molecule has 1 N–H and O–H groups in total. The lowest BCUT2D eigenvalue weighted by Gasteiger charge is -2.29. The second-order valence-electron chi connectivity index (χ2n) is 7.17. The minimum Gasteiger partial charge on any atom is -0.440 e. The van der Waals surface area contributed by atoms with E-state index >= 15 is 0 Å². The minimum atomic E-state index is 0.0413. The van der Waals surface area contributed by atoms with Gasteiger partial charge in [-0.15, -0.1) is 0 Å². The number of fused-ring (bicyclic) bond motifs is 1. The summed E-state index contributed by atoms with van der Waals surface area (Å²) in [6, 6.07) is 15.9.